The Morgan fingerprint density at radius 3 is 2.81 bits per heavy atom. The molecule has 1 aromatic heterocycles. The van der Waals surface area contributed by atoms with Gasteiger partial charge in [0.15, 0.2) is 11.5 Å². The minimum atomic E-state index is -1.09. The van der Waals surface area contributed by atoms with Gasteiger partial charge in [0.1, 0.15) is 0 Å². The van der Waals surface area contributed by atoms with Crippen LogP contribution in [0.1, 0.15) is 23.3 Å². The molecule has 0 aromatic carbocycles. The highest BCUT2D eigenvalue weighted by Crippen LogP contribution is 2.16. The van der Waals surface area contributed by atoms with Crippen molar-refractivity contribution in [2.24, 2.45) is 0 Å². The first-order valence-electron chi connectivity index (χ1n) is 5.17. The number of carboxylic acid groups (broad SMARTS) is 1. The van der Waals surface area contributed by atoms with Gasteiger partial charge in [0, 0.05) is 13.1 Å². The van der Waals surface area contributed by atoms with Crippen LogP contribution in [0.25, 0.3) is 0 Å². The third kappa shape index (κ3) is 2.27. The van der Waals surface area contributed by atoms with Crippen molar-refractivity contribution in [3.63, 3.8) is 0 Å². The summed E-state index contributed by atoms with van der Waals surface area (Å²) >= 11 is 0. The number of rotatable bonds is 2. The summed E-state index contributed by atoms with van der Waals surface area (Å²) in [5, 5.41) is 25.6. The second kappa shape index (κ2) is 4.44. The minimum Gasteiger partial charge on any atom is -0.476 e. The van der Waals surface area contributed by atoms with Crippen LogP contribution in [-0.2, 0) is 0 Å². The van der Waals surface area contributed by atoms with Crippen molar-refractivity contribution in [3.05, 3.63) is 17.8 Å². The van der Waals surface area contributed by atoms with Gasteiger partial charge >= 0.3 is 5.97 Å². The monoisotopic (exact) mass is 223 g/mol. The van der Waals surface area contributed by atoms with Crippen molar-refractivity contribution in [1.82, 2.24) is 10.2 Å². The third-order valence-electron chi connectivity index (χ3n) is 2.59. The molecule has 6 heteroatoms. The van der Waals surface area contributed by atoms with Crippen molar-refractivity contribution in [2.45, 2.75) is 18.9 Å². The third-order valence-corrected chi connectivity index (χ3v) is 2.59. The molecule has 1 unspecified atom stereocenters. The summed E-state index contributed by atoms with van der Waals surface area (Å²) in [6.45, 7) is 1.35. The van der Waals surface area contributed by atoms with E-state index in [2.05, 4.69) is 10.2 Å². The van der Waals surface area contributed by atoms with Crippen LogP contribution in [0.15, 0.2) is 12.1 Å². The van der Waals surface area contributed by atoms with Gasteiger partial charge in [-0.2, -0.15) is 0 Å². The first-order valence-corrected chi connectivity index (χ1v) is 5.17. The van der Waals surface area contributed by atoms with E-state index in [1.165, 1.54) is 6.07 Å². The fourth-order valence-electron chi connectivity index (χ4n) is 1.77. The number of carboxylic acids is 1. The van der Waals surface area contributed by atoms with E-state index in [1.807, 2.05) is 4.90 Å². The number of piperidine rings is 1. The lowest BCUT2D eigenvalue weighted by Gasteiger charge is -2.30. The van der Waals surface area contributed by atoms with Crippen molar-refractivity contribution in [2.75, 3.05) is 18.0 Å². The number of β-amino-alcohol motifs (C(OH)–C–C–N with tert-alkyl or cyclic N) is 1. The lowest BCUT2D eigenvalue weighted by Crippen LogP contribution is -2.38. The number of nitrogens with zero attached hydrogens (tertiary/aromatic N) is 3. The Balaban J connectivity index is 2.11. The van der Waals surface area contributed by atoms with Crippen LogP contribution in [0.2, 0.25) is 0 Å². The summed E-state index contributed by atoms with van der Waals surface area (Å²) in [5.41, 5.74) is -0.0682. The molecular weight excluding hydrogens is 210 g/mol. The maximum atomic E-state index is 10.6. The van der Waals surface area contributed by atoms with Crippen molar-refractivity contribution >= 4 is 11.8 Å². The maximum Gasteiger partial charge on any atom is 0.356 e. The van der Waals surface area contributed by atoms with Gasteiger partial charge in [-0.15, -0.1) is 10.2 Å². The first-order chi connectivity index (χ1) is 7.66. The molecule has 0 bridgehead atoms. The predicted octanol–water partition coefficient (Wildman–Crippen LogP) is 0.136. The smallest absolute Gasteiger partial charge is 0.356 e. The Hall–Kier alpha value is -1.69. The van der Waals surface area contributed by atoms with Crippen LogP contribution in [0, 0.1) is 0 Å². The molecule has 2 heterocycles. The highest BCUT2D eigenvalue weighted by atomic mass is 16.4. The summed E-state index contributed by atoms with van der Waals surface area (Å²) in [5.74, 6) is -0.471. The predicted molar refractivity (Wildman–Crippen MR) is 56.4 cm³/mol. The average Bonchev–Trinajstić information content (AvgIpc) is 2.29. The standard InChI is InChI=1S/C10H13N3O3/c14-7-2-1-5-13(6-7)9-4-3-8(10(15)16)11-12-9/h3-4,7,14H,1-2,5-6H2,(H,15,16). The van der Waals surface area contributed by atoms with Gasteiger partial charge in [-0.1, -0.05) is 0 Å². The molecule has 1 fully saturated rings. The topological polar surface area (TPSA) is 86.5 Å². The quantitative estimate of drug-likeness (QED) is 0.741. The highest BCUT2D eigenvalue weighted by molar-refractivity contribution is 5.85. The molecule has 1 atom stereocenters. The second-order valence-electron chi connectivity index (χ2n) is 3.82. The summed E-state index contributed by atoms with van der Waals surface area (Å²) in [7, 11) is 0. The normalized spacial score (nSPS) is 20.8. The zero-order valence-corrected chi connectivity index (χ0v) is 8.70. The number of anilines is 1. The van der Waals surface area contributed by atoms with E-state index in [0.29, 0.717) is 12.4 Å². The number of aliphatic hydroxyl groups excluding tert-OH is 1. The average molecular weight is 223 g/mol. The Morgan fingerprint density at radius 2 is 2.25 bits per heavy atom. The molecule has 0 saturated carbocycles. The van der Waals surface area contributed by atoms with Gasteiger partial charge in [0.2, 0.25) is 0 Å². The van der Waals surface area contributed by atoms with Gasteiger partial charge in [-0.25, -0.2) is 4.79 Å². The van der Waals surface area contributed by atoms with E-state index in [9.17, 15) is 9.90 Å². The molecule has 1 aliphatic rings. The molecule has 2 rings (SSSR count). The largest absolute Gasteiger partial charge is 0.476 e. The highest BCUT2D eigenvalue weighted by Gasteiger charge is 2.19. The summed E-state index contributed by atoms with van der Waals surface area (Å²) in [6.07, 6.45) is 1.37. The van der Waals surface area contributed by atoms with Crippen LogP contribution in [0.3, 0.4) is 0 Å². The van der Waals surface area contributed by atoms with Crippen LogP contribution in [-0.4, -0.2) is 45.6 Å². The molecule has 1 aliphatic heterocycles. The molecule has 2 N–H and O–H groups in total. The molecule has 6 nitrogen and oxygen atoms in total. The lowest BCUT2D eigenvalue weighted by molar-refractivity contribution is 0.0689. The van der Waals surface area contributed by atoms with Crippen LogP contribution in [0.4, 0.5) is 5.82 Å². The fraction of sp³-hybridized carbons (Fsp3) is 0.500. The van der Waals surface area contributed by atoms with Gasteiger partial charge in [-0.05, 0) is 25.0 Å². The number of hydrogen-bond donors (Lipinski definition) is 2. The molecule has 0 radical (unpaired) electrons. The van der Waals surface area contributed by atoms with E-state index in [1.54, 1.807) is 6.07 Å². The van der Waals surface area contributed by atoms with Gasteiger partial charge in [0.25, 0.3) is 0 Å². The molecule has 0 aliphatic carbocycles. The van der Waals surface area contributed by atoms with Crippen LogP contribution >= 0.6 is 0 Å². The van der Waals surface area contributed by atoms with E-state index in [-0.39, 0.29) is 11.8 Å². The number of hydrogen-bond acceptors (Lipinski definition) is 5. The Labute approximate surface area is 92.5 Å². The number of aliphatic hydroxyl groups is 1. The second-order valence-corrected chi connectivity index (χ2v) is 3.82. The molecule has 16 heavy (non-hydrogen) atoms. The minimum absolute atomic E-state index is 0.0682. The van der Waals surface area contributed by atoms with E-state index < -0.39 is 5.97 Å². The molecule has 0 spiro atoms. The van der Waals surface area contributed by atoms with Crippen molar-refractivity contribution < 1.29 is 15.0 Å². The Bertz CT molecular complexity index is 379. The summed E-state index contributed by atoms with van der Waals surface area (Å²) < 4.78 is 0. The summed E-state index contributed by atoms with van der Waals surface area (Å²) in [6, 6.07) is 3.04. The number of aromatic carboxylic acids is 1. The molecule has 1 saturated heterocycles. The molecule has 1 aromatic rings. The zero-order chi connectivity index (χ0) is 11.5. The van der Waals surface area contributed by atoms with Crippen molar-refractivity contribution in [3.8, 4) is 0 Å². The Morgan fingerprint density at radius 1 is 1.44 bits per heavy atom. The van der Waals surface area contributed by atoms with Gasteiger partial charge in [0.05, 0.1) is 6.10 Å². The molecule has 0 amide bonds. The first kappa shape index (κ1) is 10.8. The van der Waals surface area contributed by atoms with E-state index in [0.717, 1.165) is 19.4 Å². The molecular formula is C10H13N3O3. The van der Waals surface area contributed by atoms with Gasteiger partial charge < -0.3 is 15.1 Å². The number of carbonyl (C=O) groups is 1. The van der Waals surface area contributed by atoms with E-state index in [4.69, 9.17) is 5.11 Å². The van der Waals surface area contributed by atoms with E-state index >= 15 is 0 Å². The van der Waals surface area contributed by atoms with Crippen LogP contribution < -0.4 is 4.90 Å². The molecule has 86 valence electrons. The number of aromatic nitrogens is 2. The zero-order valence-electron chi connectivity index (χ0n) is 8.70. The van der Waals surface area contributed by atoms with Crippen LogP contribution in [0.5, 0.6) is 0 Å². The fourth-order valence-corrected chi connectivity index (χ4v) is 1.77. The summed E-state index contributed by atoms with van der Waals surface area (Å²) in [4.78, 5) is 12.5. The SMILES string of the molecule is O=C(O)c1ccc(N2CCCC(O)C2)nn1. The lowest BCUT2D eigenvalue weighted by atomic mass is 10.1. The maximum absolute atomic E-state index is 10.6. The Kier molecular flexibility index (Phi) is 3.00. The van der Waals surface area contributed by atoms with Gasteiger partial charge in [-0.3, -0.25) is 0 Å². The van der Waals surface area contributed by atoms with Crippen molar-refractivity contribution in [1.29, 1.82) is 0 Å².